The van der Waals surface area contributed by atoms with E-state index >= 15 is 0 Å². The van der Waals surface area contributed by atoms with E-state index in [4.69, 9.17) is 0 Å². The first-order chi connectivity index (χ1) is 9.69. The zero-order valence-corrected chi connectivity index (χ0v) is 12.0. The van der Waals surface area contributed by atoms with Gasteiger partial charge in [0, 0.05) is 24.5 Å². The Bertz CT molecular complexity index is 549. The van der Waals surface area contributed by atoms with Crippen molar-refractivity contribution in [2.45, 2.75) is 19.9 Å². The van der Waals surface area contributed by atoms with E-state index in [-0.39, 0.29) is 5.78 Å². The highest BCUT2D eigenvalue weighted by Gasteiger charge is 2.09. The maximum Gasteiger partial charge on any atom is 0.176 e. The summed E-state index contributed by atoms with van der Waals surface area (Å²) in [6.45, 7) is 3.26. The molecule has 0 spiro atoms. The molecule has 0 fully saturated rings. The second-order valence-electron chi connectivity index (χ2n) is 5.01. The summed E-state index contributed by atoms with van der Waals surface area (Å²) in [4.78, 5) is 18.3. The Labute approximate surface area is 120 Å². The summed E-state index contributed by atoms with van der Waals surface area (Å²) in [5.74, 6) is 0.152. The van der Waals surface area contributed by atoms with Crippen molar-refractivity contribution < 1.29 is 4.79 Å². The molecule has 3 heteroatoms. The molecule has 0 aliphatic carbocycles. The number of Topliss-reactive ketones (excluding diaryl/α,β-unsaturated/α-hetero) is 1. The van der Waals surface area contributed by atoms with Gasteiger partial charge in [0.1, 0.15) is 0 Å². The molecular weight excluding hydrogens is 248 g/mol. The maximum atomic E-state index is 12.2. The molecule has 2 aromatic rings. The minimum atomic E-state index is 0.152. The smallest absolute Gasteiger partial charge is 0.176 e. The van der Waals surface area contributed by atoms with Gasteiger partial charge in [0.25, 0.3) is 0 Å². The molecule has 0 saturated carbocycles. The topological polar surface area (TPSA) is 33.2 Å². The molecule has 0 unspecified atom stereocenters. The monoisotopic (exact) mass is 268 g/mol. The van der Waals surface area contributed by atoms with Crippen LogP contribution in [0.5, 0.6) is 0 Å². The summed E-state index contributed by atoms with van der Waals surface area (Å²) < 4.78 is 0. The van der Waals surface area contributed by atoms with E-state index in [9.17, 15) is 4.79 Å². The number of pyridine rings is 1. The first-order valence-electron chi connectivity index (χ1n) is 6.88. The van der Waals surface area contributed by atoms with Crippen molar-refractivity contribution in [1.82, 2.24) is 9.88 Å². The van der Waals surface area contributed by atoms with Gasteiger partial charge in [-0.1, -0.05) is 37.3 Å². The third-order valence-corrected chi connectivity index (χ3v) is 3.27. The Morgan fingerprint density at radius 2 is 1.90 bits per heavy atom. The Kier molecular flexibility index (Phi) is 5.02. The highest BCUT2D eigenvalue weighted by atomic mass is 16.1. The summed E-state index contributed by atoms with van der Waals surface area (Å²) in [5, 5.41) is 0. The van der Waals surface area contributed by atoms with Crippen LogP contribution in [-0.2, 0) is 13.0 Å². The van der Waals surface area contributed by atoms with Crippen LogP contribution in [0.25, 0.3) is 0 Å². The molecule has 0 saturated heterocycles. The molecular formula is C17H20N2O. The van der Waals surface area contributed by atoms with Crippen molar-refractivity contribution in [3.05, 3.63) is 65.5 Å². The van der Waals surface area contributed by atoms with Gasteiger partial charge in [-0.25, -0.2) is 0 Å². The van der Waals surface area contributed by atoms with Crippen LogP contribution in [0.3, 0.4) is 0 Å². The Morgan fingerprint density at radius 1 is 1.15 bits per heavy atom. The van der Waals surface area contributed by atoms with Crippen LogP contribution in [0.4, 0.5) is 0 Å². The number of benzene rings is 1. The second-order valence-corrected chi connectivity index (χ2v) is 5.01. The lowest BCUT2D eigenvalue weighted by molar-refractivity contribution is 0.0943. The lowest BCUT2D eigenvalue weighted by atomic mass is 10.1. The Hall–Kier alpha value is -2.00. The molecule has 1 heterocycles. The fourth-order valence-electron chi connectivity index (χ4n) is 2.12. The number of likely N-dealkylation sites (N-methyl/N-ethyl adjacent to an activating group) is 1. The summed E-state index contributed by atoms with van der Waals surface area (Å²) >= 11 is 0. The molecule has 2 rings (SSSR count). The van der Waals surface area contributed by atoms with Gasteiger partial charge in [0.15, 0.2) is 5.78 Å². The molecule has 0 atom stereocenters. The standard InChI is InChI=1S/C17H20N2O/c1-3-14-6-8-16(9-7-14)17(20)13-19(2)12-15-5-4-10-18-11-15/h4-11H,3,12-13H2,1-2H3. The lowest BCUT2D eigenvalue weighted by Gasteiger charge is -2.15. The van der Waals surface area contributed by atoms with Crippen LogP contribution in [-0.4, -0.2) is 29.3 Å². The van der Waals surface area contributed by atoms with E-state index in [2.05, 4.69) is 11.9 Å². The van der Waals surface area contributed by atoms with Crippen molar-refractivity contribution in [2.75, 3.05) is 13.6 Å². The van der Waals surface area contributed by atoms with E-state index < -0.39 is 0 Å². The predicted octanol–water partition coefficient (Wildman–Crippen LogP) is 2.96. The van der Waals surface area contributed by atoms with E-state index in [1.807, 2.05) is 54.5 Å². The van der Waals surface area contributed by atoms with E-state index in [0.29, 0.717) is 6.54 Å². The summed E-state index contributed by atoms with van der Waals surface area (Å²) in [5.41, 5.74) is 3.15. The van der Waals surface area contributed by atoms with Crippen molar-refractivity contribution in [2.24, 2.45) is 0 Å². The van der Waals surface area contributed by atoms with Crippen molar-refractivity contribution >= 4 is 5.78 Å². The third-order valence-electron chi connectivity index (χ3n) is 3.27. The number of hydrogen-bond donors (Lipinski definition) is 0. The zero-order chi connectivity index (χ0) is 14.4. The summed E-state index contributed by atoms with van der Waals surface area (Å²) in [6, 6.07) is 11.8. The molecule has 0 bridgehead atoms. The number of aromatic nitrogens is 1. The highest BCUT2D eigenvalue weighted by Crippen LogP contribution is 2.08. The van der Waals surface area contributed by atoms with Crippen LogP contribution in [0, 0.1) is 0 Å². The average molecular weight is 268 g/mol. The van der Waals surface area contributed by atoms with Gasteiger partial charge in [-0.3, -0.25) is 14.7 Å². The quantitative estimate of drug-likeness (QED) is 0.755. The molecule has 0 amide bonds. The number of hydrogen-bond acceptors (Lipinski definition) is 3. The normalized spacial score (nSPS) is 10.8. The number of carbonyl (C=O) groups is 1. The fraction of sp³-hybridized carbons (Fsp3) is 0.294. The van der Waals surface area contributed by atoms with E-state index in [0.717, 1.165) is 24.1 Å². The van der Waals surface area contributed by atoms with Crippen LogP contribution < -0.4 is 0 Å². The van der Waals surface area contributed by atoms with Crippen LogP contribution in [0.2, 0.25) is 0 Å². The van der Waals surface area contributed by atoms with Crippen LogP contribution in [0.1, 0.15) is 28.4 Å². The van der Waals surface area contributed by atoms with Crippen LogP contribution >= 0.6 is 0 Å². The molecule has 0 aliphatic rings. The van der Waals surface area contributed by atoms with Crippen molar-refractivity contribution in [3.8, 4) is 0 Å². The minimum Gasteiger partial charge on any atom is -0.295 e. The SMILES string of the molecule is CCc1ccc(C(=O)CN(C)Cc2cccnc2)cc1. The Balaban J connectivity index is 1.93. The number of ketones is 1. The van der Waals surface area contributed by atoms with Gasteiger partial charge in [-0.15, -0.1) is 0 Å². The number of rotatable bonds is 6. The van der Waals surface area contributed by atoms with Gasteiger partial charge < -0.3 is 0 Å². The number of aryl methyl sites for hydroxylation is 1. The van der Waals surface area contributed by atoms with E-state index in [1.54, 1.807) is 6.20 Å². The third kappa shape index (κ3) is 4.00. The largest absolute Gasteiger partial charge is 0.295 e. The lowest BCUT2D eigenvalue weighted by Crippen LogP contribution is -2.25. The number of carbonyl (C=O) groups excluding carboxylic acids is 1. The molecule has 0 N–H and O–H groups in total. The number of nitrogens with zero attached hydrogens (tertiary/aromatic N) is 2. The van der Waals surface area contributed by atoms with E-state index in [1.165, 1.54) is 5.56 Å². The molecule has 1 aromatic heterocycles. The highest BCUT2D eigenvalue weighted by molar-refractivity contribution is 5.97. The summed E-state index contributed by atoms with van der Waals surface area (Å²) in [7, 11) is 1.95. The molecule has 1 aromatic carbocycles. The molecule has 0 radical (unpaired) electrons. The van der Waals surface area contributed by atoms with Gasteiger partial charge in [0.05, 0.1) is 6.54 Å². The van der Waals surface area contributed by atoms with Crippen molar-refractivity contribution in [1.29, 1.82) is 0 Å². The predicted molar refractivity (Wildman–Crippen MR) is 80.7 cm³/mol. The first-order valence-corrected chi connectivity index (χ1v) is 6.88. The van der Waals surface area contributed by atoms with Crippen molar-refractivity contribution in [3.63, 3.8) is 0 Å². The fourth-order valence-corrected chi connectivity index (χ4v) is 2.12. The van der Waals surface area contributed by atoms with Gasteiger partial charge in [-0.05, 0) is 30.7 Å². The van der Waals surface area contributed by atoms with Gasteiger partial charge >= 0.3 is 0 Å². The molecule has 3 nitrogen and oxygen atoms in total. The maximum absolute atomic E-state index is 12.2. The molecule has 104 valence electrons. The van der Waals surface area contributed by atoms with Gasteiger partial charge in [0.2, 0.25) is 0 Å². The first kappa shape index (κ1) is 14.4. The molecule has 0 aliphatic heterocycles. The van der Waals surface area contributed by atoms with Crippen LogP contribution in [0.15, 0.2) is 48.8 Å². The van der Waals surface area contributed by atoms with Gasteiger partial charge in [-0.2, -0.15) is 0 Å². The zero-order valence-electron chi connectivity index (χ0n) is 12.0. The minimum absolute atomic E-state index is 0.152. The summed E-state index contributed by atoms with van der Waals surface area (Å²) in [6.07, 6.45) is 4.58. The second kappa shape index (κ2) is 6.96. The average Bonchev–Trinajstić information content (AvgIpc) is 2.48. The molecule has 20 heavy (non-hydrogen) atoms. The Morgan fingerprint density at radius 3 is 2.50 bits per heavy atom.